The van der Waals surface area contributed by atoms with Gasteiger partial charge in [-0.3, -0.25) is 9.97 Å². The Kier molecular flexibility index (Phi) is 3.54. The van der Waals surface area contributed by atoms with Gasteiger partial charge in [0.25, 0.3) is 0 Å². The zero-order valence-corrected chi connectivity index (χ0v) is 9.29. The highest BCUT2D eigenvalue weighted by atomic mass is 16.2. The fourth-order valence-electron chi connectivity index (χ4n) is 2.33. The summed E-state index contributed by atoms with van der Waals surface area (Å²) in [6.45, 7) is 0. The van der Waals surface area contributed by atoms with Crippen LogP contribution in [0.2, 0.25) is 0 Å². The summed E-state index contributed by atoms with van der Waals surface area (Å²) >= 11 is 0. The summed E-state index contributed by atoms with van der Waals surface area (Å²) in [5.41, 5.74) is -0.988. The minimum absolute atomic E-state index is 0.246. The van der Waals surface area contributed by atoms with Gasteiger partial charge in [0.15, 0.2) is 0 Å². The van der Waals surface area contributed by atoms with Crippen LogP contribution in [0.25, 0.3) is 0 Å². The van der Waals surface area contributed by atoms with Gasteiger partial charge in [-0.25, -0.2) is 9.59 Å². The number of aromatic nitrogens is 3. The maximum absolute atomic E-state index is 11.2. The van der Waals surface area contributed by atoms with Crippen LogP contribution in [-0.2, 0) is 0 Å². The third kappa shape index (κ3) is 2.81. The van der Waals surface area contributed by atoms with Gasteiger partial charge >= 0.3 is 11.4 Å². The molecule has 0 bridgehead atoms. The Morgan fingerprint density at radius 3 is 2.19 bits per heavy atom. The molecule has 0 radical (unpaired) electrons. The molecule has 0 amide bonds. The molecule has 88 valence electrons. The summed E-state index contributed by atoms with van der Waals surface area (Å²) in [5.74, 6) is 0.811. The highest BCUT2D eigenvalue weighted by Gasteiger charge is 2.16. The molecule has 5 heteroatoms. The van der Waals surface area contributed by atoms with Crippen LogP contribution in [-0.4, -0.2) is 15.0 Å². The van der Waals surface area contributed by atoms with Crippen LogP contribution in [0.5, 0.6) is 0 Å². The average Bonchev–Trinajstić information content (AvgIpc) is 2.14. The molecule has 1 aromatic rings. The van der Waals surface area contributed by atoms with Gasteiger partial charge in [0.2, 0.25) is 0 Å². The molecule has 1 heterocycles. The van der Waals surface area contributed by atoms with Crippen molar-refractivity contribution in [1.29, 1.82) is 0 Å². The lowest BCUT2D eigenvalue weighted by atomic mass is 9.91. The van der Waals surface area contributed by atoms with E-state index in [0.29, 0.717) is 5.82 Å². The van der Waals surface area contributed by atoms with Gasteiger partial charge in [-0.15, -0.1) is 0 Å². The fraction of sp³-hybridized carbons (Fsp3) is 0.727. The van der Waals surface area contributed by atoms with Crippen LogP contribution < -0.4 is 11.4 Å². The lowest BCUT2D eigenvalue weighted by Gasteiger charge is -2.17. The van der Waals surface area contributed by atoms with E-state index in [9.17, 15) is 9.59 Å². The quantitative estimate of drug-likeness (QED) is 0.752. The van der Waals surface area contributed by atoms with Gasteiger partial charge in [0.05, 0.1) is 0 Å². The molecule has 2 rings (SSSR count). The van der Waals surface area contributed by atoms with E-state index in [1.807, 2.05) is 0 Å². The third-order valence-corrected chi connectivity index (χ3v) is 3.18. The lowest BCUT2D eigenvalue weighted by Crippen LogP contribution is -2.28. The van der Waals surface area contributed by atoms with Gasteiger partial charge in [0, 0.05) is 5.92 Å². The van der Waals surface area contributed by atoms with Gasteiger partial charge in [-0.05, 0) is 12.8 Å². The average molecular weight is 223 g/mol. The van der Waals surface area contributed by atoms with Gasteiger partial charge in [0.1, 0.15) is 5.82 Å². The zero-order chi connectivity index (χ0) is 11.4. The molecular formula is C11H17N3O2. The van der Waals surface area contributed by atoms with Gasteiger partial charge in [-0.1, -0.05) is 32.1 Å². The van der Waals surface area contributed by atoms with Gasteiger partial charge in [-0.2, -0.15) is 4.98 Å². The molecule has 1 aliphatic rings. The second kappa shape index (κ2) is 5.09. The number of H-pyrrole nitrogens is 2. The van der Waals surface area contributed by atoms with Gasteiger partial charge < -0.3 is 0 Å². The maximum Gasteiger partial charge on any atom is 0.350 e. The minimum Gasteiger partial charge on any atom is -0.295 e. The van der Waals surface area contributed by atoms with Crippen molar-refractivity contribution in [3.63, 3.8) is 0 Å². The summed E-state index contributed by atoms with van der Waals surface area (Å²) in [6, 6.07) is 0. The maximum atomic E-state index is 11.2. The topological polar surface area (TPSA) is 78.6 Å². The predicted molar refractivity (Wildman–Crippen MR) is 60.5 cm³/mol. The molecule has 2 N–H and O–H groups in total. The smallest absolute Gasteiger partial charge is 0.295 e. The van der Waals surface area contributed by atoms with Crippen molar-refractivity contribution in [3.8, 4) is 0 Å². The molecule has 1 fully saturated rings. The molecule has 1 aromatic heterocycles. The molecule has 0 unspecified atom stereocenters. The normalized spacial score (nSPS) is 19.0. The van der Waals surface area contributed by atoms with Crippen molar-refractivity contribution >= 4 is 0 Å². The molecule has 1 aliphatic carbocycles. The third-order valence-electron chi connectivity index (χ3n) is 3.18. The number of rotatable bonds is 1. The summed E-state index contributed by atoms with van der Waals surface area (Å²) < 4.78 is 0. The molecule has 1 saturated carbocycles. The Morgan fingerprint density at radius 1 is 0.938 bits per heavy atom. The molecule has 0 aliphatic heterocycles. The second-order valence-electron chi connectivity index (χ2n) is 4.42. The summed E-state index contributed by atoms with van der Waals surface area (Å²) in [6.07, 6.45) is 8.13. The van der Waals surface area contributed by atoms with E-state index < -0.39 is 11.4 Å². The first-order chi connectivity index (χ1) is 7.75. The van der Waals surface area contributed by atoms with Crippen molar-refractivity contribution in [2.45, 2.75) is 50.9 Å². The number of nitrogens with zero attached hydrogens (tertiary/aromatic N) is 1. The molecule has 0 atom stereocenters. The van der Waals surface area contributed by atoms with E-state index in [-0.39, 0.29) is 5.92 Å². The standard InChI is InChI=1S/C11H17N3O2/c15-10-12-9(13-11(16)14-10)8-6-4-2-1-3-5-7-8/h8H,1-7H2,(H2,12,13,14,15,16). The summed E-state index contributed by atoms with van der Waals surface area (Å²) in [7, 11) is 0. The minimum atomic E-state index is -0.541. The van der Waals surface area contributed by atoms with Crippen molar-refractivity contribution < 1.29 is 0 Å². The van der Waals surface area contributed by atoms with E-state index in [2.05, 4.69) is 15.0 Å². The van der Waals surface area contributed by atoms with E-state index in [1.54, 1.807) is 0 Å². The largest absolute Gasteiger partial charge is 0.350 e. The Balaban J connectivity index is 2.20. The monoisotopic (exact) mass is 223 g/mol. The summed E-state index contributed by atoms with van der Waals surface area (Å²) in [5, 5.41) is 0. The van der Waals surface area contributed by atoms with E-state index in [1.165, 1.54) is 19.3 Å². The Hall–Kier alpha value is -1.39. The van der Waals surface area contributed by atoms with Crippen LogP contribution in [0.3, 0.4) is 0 Å². The van der Waals surface area contributed by atoms with E-state index in [0.717, 1.165) is 25.7 Å². The first-order valence-electron chi connectivity index (χ1n) is 5.96. The number of aromatic amines is 2. The fourth-order valence-corrected chi connectivity index (χ4v) is 2.33. The van der Waals surface area contributed by atoms with Crippen molar-refractivity contribution in [2.75, 3.05) is 0 Å². The van der Waals surface area contributed by atoms with Crippen molar-refractivity contribution in [1.82, 2.24) is 15.0 Å². The number of nitrogens with one attached hydrogen (secondary N) is 2. The Morgan fingerprint density at radius 2 is 1.56 bits per heavy atom. The van der Waals surface area contributed by atoms with Crippen molar-refractivity contribution in [2.24, 2.45) is 0 Å². The highest BCUT2D eigenvalue weighted by molar-refractivity contribution is 4.94. The molecule has 0 saturated heterocycles. The Labute approximate surface area is 93.3 Å². The van der Waals surface area contributed by atoms with Crippen LogP contribution >= 0.6 is 0 Å². The van der Waals surface area contributed by atoms with E-state index in [4.69, 9.17) is 0 Å². The Bertz CT molecular complexity index is 413. The van der Waals surface area contributed by atoms with Crippen LogP contribution in [0, 0.1) is 0 Å². The SMILES string of the molecule is O=c1nc(C2CCCCCCC2)[nH]c(=O)[nH]1. The molecule has 0 aromatic carbocycles. The first-order valence-corrected chi connectivity index (χ1v) is 5.96. The second-order valence-corrected chi connectivity index (χ2v) is 4.42. The number of hydrogen-bond donors (Lipinski definition) is 2. The van der Waals surface area contributed by atoms with Crippen LogP contribution in [0.15, 0.2) is 9.59 Å². The highest BCUT2D eigenvalue weighted by Crippen LogP contribution is 2.27. The predicted octanol–water partition coefficient (Wildman–Crippen LogP) is 1.29. The lowest BCUT2D eigenvalue weighted by molar-refractivity contribution is 0.439. The van der Waals surface area contributed by atoms with Crippen LogP contribution in [0.4, 0.5) is 0 Å². The zero-order valence-electron chi connectivity index (χ0n) is 9.29. The molecule has 16 heavy (non-hydrogen) atoms. The van der Waals surface area contributed by atoms with Crippen molar-refractivity contribution in [3.05, 3.63) is 26.8 Å². The summed E-state index contributed by atoms with van der Waals surface area (Å²) in [4.78, 5) is 30.9. The van der Waals surface area contributed by atoms with E-state index >= 15 is 0 Å². The number of hydrogen-bond acceptors (Lipinski definition) is 3. The molecule has 0 spiro atoms. The molecular weight excluding hydrogens is 206 g/mol. The first kappa shape index (κ1) is 11.1. The van der Waals surface area contributed by atoms with Crippen LogP contribution in [0.1, 0.15) is 56.7 Å². The molecule has 5 nitrogen and oxygen atoms in total.